The van der Waals surface area contributed by atoms with Crippen LogP contribution in [-0.4, -0.2) is 44.1 Å². The number of nitrogens with one attached hydrogen (secondary N) is 3. The predicted molar refractivity (Wildman–Crippen MR) is 88.6 cm³/mol. The number of carbonyl (C=O) groups is 2. The molecule has 1 aromatic carbocycles. The molecule has 0 radical (unpaired) electrons. The highest BCUT2D eigenvalue weighted by molar-refractivity contribution is 5.91. The second kappa shape index (κ2) is 7.97. The maximum atomic E-state index is 12.2. The summed E-state index contributed by atoms with van der Waals surface area (Å²) in [7, 11) is 1.60. The van der Waals surface area contributed by atoms with Crippen molar-refractivity contribution in [2.45, 2.75) is 38.8 Å². The first-order valence-electron chi connectivity index (χ1n) is 8.12. The lowest BCUT2D eigenvalue weighted by molar-refractivity contribution is -0.904. The average molecular weight is 320 g/mol. The number of ether oxygens (including phenoxy) is 1. The van der Waals surface area contributed by atoms with Gasteiger partial charge in [0.1, 0.15) is 5.75 Å². The van der Waals surface area contributed by atoms with Crippen molar-refractivity contribution < 1.29 is 19.2 Å². The van der Waals surface area contributed by atoms with Gasteiger partial charge >= 0.3 is 0 Å². The lowest BCUT2D eigenvalue weighted by Crippen LogP contribution is -3.17. The second-order valence-electron chi connectivity index (χ2n) is 5.97. The number of benzene rings is 1. The molecule has 23 heavy (non-hydrogen) atoms. The summed E-state index contributed by atoms with van der Waals surface area (Å²) in [6.07, 6.45) is 2.13. The van der Waals surface area contributed by atoms with E-state index in [2.05, 4.69) is 10.6 Å². The van der Waals surface area contributed by atoms with E-state index in [9.17, 15) is 9.59 Å². The van der Waals surface area contributed by atoms with E-state index < -0.39 is 0 Å². The summed E-state index contributed by atoms with van der Waals surface area (Å²) in [6.45, 7) is 4.84. The highest BCUT2D eigenvalue weighted by Crippen LogP contribution is 2.18. The van der Waals surface area contributed by atoms with Crippen LogP contribution < -0.4 is 20.3 Å². The molecule has 1 aliphatic carbocycles. The number of hydrogen-bond donors (Lipinski definition) is 3. The van der Waals surface area contributed by atoms with Gasteiger partial charge in [-0.3, -0.25) is 9.59 Å². The van der Waals surface area contributed by atoms with E-state index in [1.807, 2.05) is 13.8 Å². The number of carbonyl (C=O) groups excluding carboxylic acids is 2. The highest BCUT2D eigenvalue weighted by atomic mass is 16.5. The van der Waals surface area contributed by atoms with Gasteiger partial charge in [0.05, 0.1) is 13.7 Å². The maximum Gasteiger partial charge on any atom is 0.279 e. The van der Waals surface area contributed by atoms with E-state index in [-0.39, 0.29) is 24.4 Å². The van der Waals surface area contributed by atoms with Crippen LogP contribution in [0.3, 0.4) is 0 Å². The van der Waals surface area contributed by atoms with Crippen molar-refractivity contribution in [2.75, 3.05) is 25.5 Å². The summed E-state index contributed by atoms with van der Waals surface area (Å²) in [5.41, 5.74) is 0.723. The first kappa shape index (κ1) is 17.3. The second-order valence-corrected chi connectivity index (χ2v) is 5.97. The quantitative estimate of drug-likeness (QED) is 0.641. The Morgan fingerprint density at radius 1 is 1.30 bits per heavy atom. The summed E-state index contributed by atoms with van der Waals surface area (Å²) in [4.78, 5) is 25.3. The van der Waals surface area contributed by atoms with Crippen LogP contribution in [0.25, 0.3) is 0 Å². The van der Waals surface area contributed by atoms with Crippen molar-refractivity contribution in [2.24, 2.45) is 0 Å². The van der Waals surface area contributed by atoms with Crippen molar-refractivity contribution in [1.82, 2.24) is 5.32 Å². The van der Waals surface area contributed by atoms with Crippen LogP contribution >= 0.6 is 0 Å². The van der Waals surface area contributed by atoms with E-state index in [1.54, 1.807) is 31.4 Å². The zero-order valence-corrected chi connectivity index (χ0v) is 14.0. The molecule has 0 aliphatic heterocycles. The standard InChI is InChI=1S/C17H25N3O3/c1-4-20(12(2)17(22)19-14-5-6-14)11-16(21)18-13-7-9-15(23-3)10-8-13/h7-10,12,14H,4-6,11H2,1-3H3,(H,18,21)(H,19,22)/p+1/t12-/m1/s1. The molecule has 1 aliphatic rings. The van der Waals surface area contributed by atoms with Crippen molar-refractivity contribution >= 4 is 17.5 Å². The molecule has 0 saturated heterocycles. The topological polar surface area (TPSA) is 71.9 Å². The molecule has 6 heteroatoms. The fourth-order valence-corrected chi connectivity index (χ4v) is 2.41. The molecule has 0 spiro atoms. The van der Waals surface area contributed by atoms with Gasteiger partial charge in [0.15, 0.2) is 12.6 Å². The molecule has 1 saturated carbocycles. The molecule has 0 heterocycles. The highest BCUT2D eigenvalue weighted by Gasteiger charge is 2.30. The summed E-state index contributed by atoms with van der Waals surface area (Å²) in [5.74, 6) is 0.675. The van der Waals surface area contributed by atoms with Crippen LogP contribution in [0.4, 0.5) is 5.69 Å². The molecule has 0 aromatic heterocycles. The van der Waals surface area contributed by atoms with Gasteiger partial charge in [0.25, 0.3) is 11.8 Å². The van der Waals surface area contributed by atoms with E-state index in [1.165, 1.54) is 0 Å². The Balaban J connectivity index is 1.86. The molecule has 2 amide bonds. The van der Waals surface area contributed by atoms with Crippen LogP contribution in [0, 0.1) is 0 Å². The molecule has 0 bridgehead atoms. The molecular formula is C17H26N3O3+. The Morgan fingerprint density at radius 3 is 2.48 bits per heavy atom. The number of rotatable bonds is 8. The minimum absolute atomic E-state index is 0.0293. The van der Waals surface area contributed by atoms with E-state index in [0.717, 1.165) is 35.7 Å². The monoisotopic (exact) mass is 320 g/mol. The van der Waals surface area contributed by atoms with Crippen LogP contribution in [0.15, 0.2) is 24.3 Å². The number of methoxy groups -OCH3 is 1. The van der Waals surface area contributed by atoms with Gasteiger partial charge < -0.3 is 20.3 Å². The maximum absolute atomic E-state index is 12.2. The first-order chi connectivity index (χ1) is 11.0. The third-order valence-electron chi connectivity index (χ3n) is 4.14. The molecule has 2 atom stereocenters. The first-order valence-corrected chi connectivity index (χ1v) is 8.12. The fourth-order valence-electron chi connectivity index (χ4n) is 2.41. The minimum Gasteiger partial charge on any atom is -0.497 e. The fraction of sp³-hybridized carbons (Fsp3) is 0.529. The van der Waals surface area contributed by atoms with Gasteiger partial charge in [0, 0.05) is 11.7 Å². The molecule has 126 valence electrons. The Kier molecular flexibility index (Phi) is 5.98. The van der Waals surface area contributed by atoms with Gasteiger partial charge in [-0.05, 0) is 51.0 Å². The molecule has 2 rings (SSSR count). The van der Waals surface area contributed by atoms with Crippen molar-refractivity contribution in [3.63, 3.8) is 0 Å². The summed E-state index contributed by atoms with van der Waals surface area (Å²) < 4.78 is 5.09. The normalized spacial score (nSPS) is 16.3. The van der Waals surface area contributed by atoms with Crippen molar-refractivity contribution in [3.05, 3.63) is 24.3 Å². The molecular weight excluding hydrogens is 294 g/mol. The van der Waals surface area contributed by atoms with Gasteiger partial charge in [-0.25, -0.2) is 0 Å². The largest absolute Gasteiger partial charge is 0.497 e. The zero-order valence-electron chi connectivity index (χ0n) is 14.0. The Morgan fingerprint density at radius 2 is 1.96 bits per heavy atom. The number of quaternary nitrogens is 1. The smallest absolute Gasteiger partial charge is 0.279 e. The zero-order chi connectivity index (χ0) is 16.8. The van der Waals surface area contributed by atoms with Crippen LogP contribution in [0.1, 0.15) is 26.7 Å². The van der Waals surface area contributed by atoms with E-state index >= 15 is 0 Å². The predicted octanol–water partition coefficient (Wildman–Crippen LogP) is 0.206. The SMILES string of the molecule is CC[NH+](CC(=O)Nc1ccc(OC)cc1)[C@H](C)C(=O)NC1CC1. The van der Waals surface area contributed by atoms with Gasteiger partial charge in [-0.15, -0.1) is 0 Å². The van der Waals surface area contributed by atoms with E-state index in [0.29, 0.717) is 6.04 Å². The molecule has 1 aromatic rings. The van der Waals surface area contributed by atoms with Gasteiger partial charge in [0.2, 0.25) is 0 Å². The Bertz CT molecular complexity index is 541. The average Bonchev–Trinajstić information content (AvgIpc) is 3.36. The Labute approximate surface area is 137 Å². The lowest BCUT2D eigenvalue weighted by atomic mass is 10.2. The van der Waals surface area contributed by atoms with Crippen LogP contribution in [0.2, 0.25) is 0 Å². The number of anilines is 1. The number of amides is 2. The van der Waals surface area contributed by atoms with Crippen molar-refractivity contribution in [3.8, 4) is 5.75 Å². The van der Waals surface area contributed by atoms with Gasteiger partial charge in [-0.2, -0.15) is 0 Å². The minimum atomic E-state index is -0.234. The summed E-state index contributed by atoms with van der Waals surface area (Å²) in [6, 6.07) is 7.30. The molecule has 3 N–H and O–H groups in total. The van der Waals surface area contributed by atoms with E-state index in [4.69, 9.17) is 4.74 Å². The third-order valence-corrected chi connectivity index (χ3v) is 4.14. The third kappa shape index (κ3) is 5.25. The summed E-state index contributed by atoms with van der Waals surface area (Å²) in [5, 5.41) is 5.86. The van der Waals surface area contributed by atoms with Crippen LogP contribution in [-0.2, 0) is 9.59 Å². The number of hydrogen-bond acceptors (Lipinski definition) is 3. The van der Waals surface area contributed by atoms with Crippen molar-refractivity contribution in [1.29, 1.82) is 0 Å². The van der Waals surface area contributed by atoms with Crippen LogP contribution in [0.5, 0.6) is 5.75 Å². The molecule has 1 fully saturated rings. The number of likely N-dealkylation sites (N-methyl/N-ethyl adjacent to an activating group) is 1. The Hall–Kier alpha value is -2.08. The summed E-state index contributed by atoms with van der Waals surface area (Å²) >= 11 is 0. The molecule has 1 unspecified atom stereocenters. The van der Waals surface area contributed by atoms with Gasteiger partial charge in [-0.1, -0.05) is 0 Å². The lowest BCUT2D eigenvalue weighted by Gasteiger charge is -2.23. The molecule has 6 nitrogen and oxygen atoms in total.